The quantitative estimate of drug-likeness (QED) is 0.0898. The van der Waals surface area contributed by atoms with E-state index in [1.54, 1.807) is 49.3 Å². The largest absolute Gasteiger partial charge is 0.133 e. The van der Waals surface area contributed by atoms with Crippen molar-refractivity contribution >= 4 is 329 Å². The fraction of sp³-hybridized carbons (Fsp3) is 0.360. The Balaban J connectivity index is 0.997. The summed E-state index contributed by atoms with van der Waals surface area (Å²) in [6.07, 6.45) is 7.77. The molecule has 14 heterocycles. The van der Waals surface area contributed by atoms with Gasteiger partial charge in [-0.25, -0.2) is 0 Å². The Bertz CT molecular complexity index is 4000. The Morgan fingerprint density at radius 2 is 0.515 bits per heavy atom. The highest BCUT2D eigenvalue weighted by molar-refractivity contribution is 9.11. The molecule has 0 saturated heterocycles. The summed E-state index contributed by atoms with van der Waals surface area (Å²) in [7, 11) is -3.24. The van der Waals surface area contributed by atoms with Crippen molar-refractivity contribution in [3.05, 3.63) is 19.7 Å². The summed E-state index contributed by atoms with van der Waals surface area (Å²) >= 11 is 37.9. The van der Waals surface area contributed by atoms with E-state index >= 15 is 0 Å². The van der Waals surface area contributed by atoms with Gasteiger partial charge in [-0.1, -0.05) is 116 Å². The lowest BCUT2D eigenvalue weighted by atomic mass is 10.0. The van der Waals surface area contributed by atoms with Gasteiger partial charge in [0, 0.05) is 104 Å². The van der Waals surface area contributed by atoms with E-state index in [0.717, 1.165) is 0 Å². The maximum absolute atomic E-state index is 4.41. The molecule has 0 atom stereocenters. The minimum atomic E-state index is -1.62. The molecule has 0 saturated carbocycles. The summed E-state index contributed by atoms with van der Waals surface area (Å²) in [4.78, 5) is 0. The molecule has 0 unspecified atom stereocenters. The molecular formula is C50H44Br2S14Si2. The van der Waals surface area contributed by atoms with Crippen LogP contribution in [0.5, 0.6) is 0 Å². The number of hydrogen-bond donors (Lipinski definition) is 0. The van der Waals surface area contributed by atoms with Gasteiger partial charge in [0.05, 0.1) is 48.2 Å². The minimum Gasteiger partial charge on any atom is -0.133 e. The van der Waals surface area contributed by atoms with Gasteiger partial charge in [0.2, 0.25) is 0 Å². The third kappa shape index (κ3) is 6.40. The Labute approximate surface area is 469 Å². The van der Waals surface area contributed by atoms with Crippen LogP contribution in [0, 0.1) is 0 Å². The van der Waals surface area contributed by atoms with Crippen LogP contribution < -0.4 is 9.00 Å². The second kappa shape index (κ2) is 17.4. The molecule has 0 aliphatic rings. The van der Waals surface area contributed by atoms with E-state index in [-0.39, 0.29) is 0 Å². The molecule has 14 aromatic rings. The first-order chi connectivity index (χ1) is 33.2. The van der Waals surface area contributed by atoms with Crippen LogP contribution in [0.25, 0.3) is 124 Å². The van der Waals surface area contributed by atoms with Crippen LogP contribution >= 0.6 is 191 Å². The number of hydrogen-bond acceptors (Lipinski definition) is 14. The summed E-state index contributed by atoms with van der Waals surface area (Å²) < 4.78 is 24.7. The highest BCUT2D eigenvalue weighted by atomic mass is 79.9. The molecule has 0 N–H and O–H groups in total. The van der Waals surface area contributed by atoms with Crippen molar-refractivity contribution in [3.63, 3.8) is 0 Å². The van der Waals surface area contributed by atoms with Crippen LogP contribution in [-0.4, -0.2) is 16.1 Å². The Morgan fingerprint density at radius 3 is 0.779 bits per heavy atom. The first-order valence-electron chi connectivity index (χ1n) is 23.8. The molecule has 0 aliphatic carbocycles. The van der Waals surface area contributed by atoms with Crippen molar-refractivity contribution in [2.75, 3.05) is 0 Å². The molecule has 350 valence electrons. The number of thiophene rings is 14. The summed E-state index contributed by atoms with van der Waals surface area (Å²) in [5.41, 5.74) is 2.93. The monoisotopic (exact) mass is 1310 g/mol. The molecule has 14 aromatic heterocycles. The molecule has 0 radical (unpaired) electrons. The van der Waals surface area contributed by atoms with Gasteiger partial charge in [0.15, 0.2) is 0 Å². The van der Waals surface area contributed by atoms with Gasteiger partial charge in [-0.3, -0.25) is 0 Å². The predicted octanol–water partition coefficient (Wildman–Crippen LogP) is 25.3. The highest BCUT2D eigenvalue weighted by Crippen LogP contribution is 2.62. The molecule has 0 bridgehead atoms. The normalized spacial score (nSPS) is 13.7. The lowest BCUT2D eigenvalue weighted by Crippen LogP contribution is -2.46. The summed E-state index contributed by atoms with van der Waals surface area (Å²) in [5.74, 6) is 0. The van der Waals surface area contributed by atoms with E-state index in [2.05, 4.69) is 220 Å². The zero-order chi connectivity index (χ0) is 46.1. The number of fused-ring (bicyclic) bond motifs is 22. The smallest absolute Gasteiger partial charge is 0.101 e. The van der Waals surface area contributed by atoms with Gasteiger partial charge >= 0.3 is 0 Å². The lowest BCUT2D eigenvalue weighted by molar-refractivity contribution is 0.938. The Morgan fingerprint density at radius 1 is 0.294 bits per heavy atom. The molecule has 0 nitrogen and oxygen atoms in total. The Kier molecular flexibility index (Phi) is 12.0. The predicted molar refractivity (Wildman–Crippen MR) is 349 cm³/mol. The van der Waals surface area contributed by atoms with Crippen molar-refractivity contribution in [3.8, 4) is 11.1 Å². The molecule has 0 fully saturated rings. The zero-order valence-corrected chi connectivity index (χ0v) is 54.7. The summed E-state index contributed by atoms with van der Waals surface area (Å²) in [5, 5.41) is 23.6. The van der Waals surface area contributed by atoms with Crippen LogP contribution in [0.4, 0.5) is 0 Å². The first kappa shape index (κ1) is 46.8. The molecule has 0 spiro atoms. The minimum absolute atomic E-state index is 1.29. The molecule has 14 rings (SSSR count). The Hall–Kier alpha value is 0.314. The van der Waals surface area contributed by atoms with E-state index in [1.807, 2.05) is 22.7 Å². The summed E-state index contributed by atoms with van der Waals surface area (Å²) in [6.45, 7) is 14.5. The van der Waals surface area contributed by atoms with Gasteiger partial charge in [-0.15, -0.1) is 159 Å². The van der Waals surface area contributed by atoms with Gasteiger partial charge in [0.25, 0.3) is 0 Å². The van der Waals surface area contributed by atoms with Gasteiger partial charge in [-0.05, 0) is 31.9 Å². The fourth-order valence-corrected chi connectivity index (χ4v) is 51.4. The third-order valence-corrected chi connectivity index (χ3v) is 49.0. The number of rotatable bonds is 15. The van der Waals surface area contributed by atoms with Gasteiger partial charge in [0.1, 0.15) is 16.1 Å². The van der Waals surface area contributed by atoms with E-state index in [9.17, 15) is 0 Å². The maximum atomic E-state index is 4.41. The number of halogens is 2. The van der Waals surface area contributed by atoms with E-state index < -0.39 is 16.1 Å². The highest BCUT2D eigenvalue weighted by Gasteiger charge is 2.40. The van der Waals surface area contributed by atoms with Crippen molar-refractivity contribution in [2.24, 2.45) is 0 Å². The standard InChI is InChI=1S/C50H44Br2S14Si2/c1-7-13-67(14-8-2,15-9-3)49-35(51)33-31-29-27-25-23-21(19-53-37(23)55-39(25)57-41(27)59-43(29)61-45(31)63-47(33)65-49)22-20-54-38-24(22)26-28-30-32-34-36(52)50(68(16-10-4,17-11-5)18-12-6)66-48(34)64-46(32)62-44(30)60-42(28)58-40(26)56-38/h19-20H,7-18H2,1-6H3. The van der Waals surface area contributed by atoms with Crippen molar-refractivity contribution in [2.45, 2.75) is 116 Å². The van der Waals surface area contributed by atoms with Crippen LogP contribution in [0.3, 0.4) is 0 Å². The van der Waals surface area contributed by atoms with Crippen molar-refractivity contribution in [1.29, 1.82) is 0 Å². The SMILES string of the molecule is CCC[Si](CCC)(CCC)c1sc2sc3sc4sc5sc6sc7scc(-c8csc9sc%10sc%11sc%12sc%13sc%14sc([Si](CCC)(CCC)CCC)c(Br)c%14c%13c%12c%11c%10c89)c7c6c5c4c3c2c1Br. The van der Waals surface area contributed by atoms with Crippen LogP contribution in [0.15, 0.2) is 19.7 Å². The zero-order valence-electron chi connectivity index (χ0n) is 38.1. The molecular weight excluding hydrogens is 1270 g/mol. The average molecular weight is 1310 g/mol. The van der Waals surface area contributed by atoms with Gasteiger partial charge in [-0.2, -0.15) is 0 Å². The molecule has 0 amide bonds. The molecule has 68 heavy (non-hydrogen) atoms. The van der Waals surface area contributed by atoms with E-state index in [4.69, 9.17) is 0 Å². The van der Waals surface area contributed by atoms with Gasteiger partial charge < -0.3 is 0 Å². The fourth-order valence-electron chi connectivity index (χ4n) is 12.5. The lowest BCUT2D eigenvalue weighted by Gasteiger charge is -2.30. The van der Waals surface area contributed by atoms with E-state index in [0.29, 0.717) is 0 Å². The first-order valence-corrected chi connectivity index (χ1v) is 42.2. The maximum Gasteiger partial charge on any atom is 0.101 e. The topological polar surface area (TPSA) is 0 Å². The molecule has 0 aliphatic heterocycles. The third-order valence-electron chi connectivity index (χ3n) is 14.8. The van der Waals surface area contributed by atoms with Crippen molar-refractivity contribution in [1.82, 2.24) is 0 Å². The average Bonchev–Trinajstić information content (AvgIpc) is 4.11. The van der Waals surface area contributed by atoms with Crippen molar-refractivity contribution < 1.29 is 0 Å². The summed E-state index contributed by atoms with van der Waals surface area (Å²) in [6, 6.07) is 8.46. The second-order valence-corrected chi connectivity index (χ2v) is 47.4. The molecule has 18 heteroatoms. The van der Waals surface area contributed by atoms with E-state index in [1.165, 1.54) is 167 Å². The van der Waals surface area contributed by atoms with Crippen LogP contribution in [0.2, 0.25) is 36.3 Å². The molecule has 0 aromatic carbocycles. The van der Waals surface area contributed by atoms with Crippen LogP contribution in [-0.2, 0) is 0 Å². The second-order valence-electron chi connectivity index (χ2n) is 18.8. The van der Waals surface area contributed by atoms with Crippen LogP contribution in [0.1, 0.15) is 80.1 Å².